The summed E-state index contributed by atoms with van der Waals surface area (Å²) in [4.78, 5) is 66.9. The lowest BCUT2D eigenvalue weighted by Crippen LogP contribution is -2.57. The quantitative estimate of drug-likeness (QED) is 0.0377. The number of carbonyl (C=O) groups is 5. The molecule has 0 aromatic carbocycles. The molecule has 0 saturated heterocycles. The van der Waals surface area contributed by atoms with Crippen LogP contribution in [0.1, 0.15) is 136 Å². The van der Waals surface area contributed by atoms with Gasteiger partial charge in [-0.2, -0.15) is 0 Å². The van der Waals surface area contributed by atoms with Crippen molar-refractivity contribution in [2.24, 2.45) is 22.4 Å². The second-order valence-electron chi connectivity index (χ2n) is 12.5. The zero-order chi connectivity index (χ0) is 34.7. The Morgan fingerprint density at radius 3 is 1.65 bits per heavy atom. The average Bonchev–Trinajstić information content (AvgIpc) is 2.99. The molecule has 0 bridgehead atoms. The Labute approximate surface area is 276 Å². The molecule has 0 radical (unpaired) electrons. The number of likely N-dealkylation sites (N-methyl/N-ethyl adjacent to an activating group) is 1. The van der Waals surface area contributed by atoms with E-state index in [-0.39, 0.29) is 37.2 Å². The summed E-state index contributed by atoms with van der Waals surface area (Å²) in [5.74, 6) is -3.50. The number of amides is 4. The van der Waals surface area contributed by atoms with Crippen LogP contribution in [0.5, 0.6) is 0 Å². The second kappa shape index (κ2) is 26.8. The van der Waals surface area contributed by atoms with Gasteiger partial charge in [0.15, 0.2) is 5.96 Å². The molecule has 0 aliphatic carbocycles. The minimum atomic E-state index is -1.37. The Morgan fingerprint density at radius 1 is 0.674 bits per heavy atom. The number of carboxylic acids is 1. The third-order valence-electron chi connectivity index (χ3n) is 7.70. The summed E-state index contributed by atoms with van der Waals surface area (Å²) in [7, 11) is 1.47. The standard InChI is InChI=1S/C33H63N7O6/c1-5-6-7-8-9-10-11-12-13-14-15-16-17-20-28(41)38-27(23-29(42)43)32(46)39-25(19-18-21-37-33(34)35)31(45)40-26(22-24(2)3)30(44)36-4/h24-27H,5-23H2,1-4H3,(H,36,44)(H,38,41)(H,39,46)(H,40,45)(H,42,43)(H4,34,35,37)/t25-,26-,27-/m0/s1. The van der Waals surface area contributed by atoms with Gasteiger partial charge < -0.3 is 37.8 Å². The van der Waals surface area contributed by atoms with E-state index in [1.54, 1.807) is 0 Å². The predicted molar refractivity (Wildman–Crippen MR) is 182 cm³/mol. The van der Waals surface area contributed by atoms with E-state index in [2.05, 4.69) is 33.2 Å². The van der Waals surface area contributed by atoms with Crippen LogP contribution in [-0.4, -0.2) is 72.4 Å². The van der Waals surface area contributed by atoms with Crippen LogP contribution in [0.25, 0.3) is 0 Å². The number of aliphatic carboxylic acids is 1. The largest absolute Gasteiger partial charge is 0.481 e. The zero-order valence-corrected chi connectivity index (χ0v) is 28.8. The van der Waals surface area contributed by atoms with Crippen molar-refractivity contribution in [1.82, 2.24) is 21.3 Å². The van der Waals surface area contributed by atoms with Crippen LogP contribution in [-0.2, 0) is 24.0 Å². The van der Waals surface area contributed by atoms with Crippen LogP contribution in [0.3, 0.4) is 0 Å². The number of hydrogen-bond acceptors (Lipinski definition) is 6. The van der Waals surface area contributed by atoms with Gasteiger partial charge in [-0.25, -0.2) is 0 Å². The summed E-state index contributed by atoms with van der Waals surface area (Å²) in [6.45, 7) is 6.24. The van der Waals surface area contributed by atoms with Crippen molar-refractivity contribution in [3.05, 3.63) is 0 Å². The first kappa shape index (κ1) is 42.6. The molecule has 13 nitrogen and oxygen atoms in total. The Bertz CT molecular complexity index is 924. The summed E-state index contributed by atoms with van der Waals surface area (Å²) >= 11 is 0. The number of unbranched alkanes of at least 4 members (excludes halogenated alkanes) is 12. The normalized spacial score (nSPS) is 12.9. The number of nitrogens with zero attached hydrogens (tertiary/aromatic N) is 1. The summed E-state index contributed by atoms with van der Waals surface area (Å²) in [6.07, 6.45) is 15.6. The van der Waals surface area contributed by atoms with E-state index in [1.807, 2.05) is 13.8 Å². The van der Waals surface area contributed by atoms with Crippen molar-refractivity contribution < 1.29 is 29.1 Å². The lowest BCUT2D eigenvalue weighted by Gasteiger charge is -2.25. The number of nitrogens with one attached hydrogen (secondary N) is 4. The zero-order valence-electron chi connectivity index (χ0n) is 28.8. The molecule has 3 atom stereocenters. The fourth-order valence-corrected chi connectivity index (χ4v) is 5.15. The smallest absolute Gasteiger partial charge is 0.305 e. The first-order chi connectivity index (χ1) is 21.9. The van der Waals surface area contributed by atoms with Crippen LogP contribution in [0.15, 0.2) is 4.99 Å². The van der Waals surface area contributed by atoms with E-state index in [0.29, 0.717) is 19.3 Å². The molecule has 0 aliphatic heterocycles. The van der Waals surface area contributed by atoms with E-state index in [4.69, 9.17) is 11.5 Å². The van der Waals surface area contributed by atoms with Crippen LogP contribution in [0.4, 0.5) is 0 Å². The first-order valence-electron chi connectivity index (χ1n) is 17.3. The SMILES string of the molecule is CCCCCCCCCCCCCCCC(=O)N[C@@H](CC(=O)O)C(=O)N[C@@H](CCCN=C(N)N)C(=O)N[C@@H](CC(C)C)C(=O)NC. The Balaban J connectivity index is 4.99. The Kier molecular flexibility index (Phi) is 24.8. The molecule has 46 heavy (non-hydrogen) atoms. The van der Waals surface area contributed by atoms with Gasteiger partial charge in [-0.1, -0.05) is 97.8 Å². The molecule has 0 rings (SSSR count). The van der Waals surface area contributed by atoms with Crippen molar-refractivity contribution in [1.29, 1.82) is 0 Å². The fourth-order valence-electron chi connectivity index (χ4n) is 5.15. The molecule has 0 spiro atoms. The van der Waals surface area contributed by atoms with Crippen molar-refractivity contribution >= 4 is 35.6 Å². The molecule has 0 heterocycles. The van der Waals surface area contributed by atoms with Gasteiger partial charge in [-0.05, 0) is 31.6 Å². The summed E-state index contributed by atoms with van der Waals surface area (Å²) in [5.41, 5.74) is 10.8. The molecule has 0 saturated carbocycles. The molecular formula is C33H63N7O6. The lowest BCUT2D eigenvalue weighted by atomic mass is 10.0. The molecule has 0 unspecified atom stereocenters. The minimum absolute atomic E-state index is 0.0996. The number of rotatable bonds is 28. The third-order valence-corrected chi connectivity index (χ3v) is 7.70. The highest BCUT2D eigenvalue weighted by molar-refractivity contribution is 5.95. The molecule has 13 heteroatoms. The van der Waals surface area contributed by atoms with Gasteiger partial charge in [-0.3, -0.25) is 29.0 Å². The first-order valence-corrected chi connectivity index (χ1v) is 17.3. The number of guanidine groups is 1. The summed E-state index contributed by atoms with van der Waals surface area (Å²) < 4.78 is 0. The average molecular weight is 654 g/mol. The van der Waals surface area contributed by atoms with E-state index >= 15 is 0 Å². The van der Waals surface area contributed by atoms with Gasteiger partial charge in [0, 0.05) is 20.0 Å². The van der Waals surface area contributed by atoms with E-state index < -0.39 is 48.2 Å². The Hall–Kier alpha value is -3.38. The van der Waals surface area contributed by atoms with Crippen LogP contribution in [0, 0.1) is 5.92 Å². The van der Waals surface area contributed by atoms with Crippen molar-refractivity contribution in [2.75, 3.05) is 13.6 Å². The van der Waals surface area contributed by atoms with Gasteiger partial charge >= 0.3 is 5.97 Å². The molecule has 4 amide bonds. The Morgan fingerprint density at radius 2 is 1.17 bits per heavy atom. The maximum Gasteiger partial charge on any atom is 0.305 e. The molecular weight excluding hydrogens is 590 g/mol. The molecule has 266 valence electrons. The second-order valence-corrected chi connectivity index (χ2v) is 12.5. The van der Waals surface area contributed by atoms with Crippen molar-refractivity contribution in [2.45, 2.75) is 154 Å². The monoisotopic (exact) mass is 653 g/mol. The van der Waals surface area contributed by atoms with E-state index in [0.717, 1.165) is 19.3 Å². The van der Waals surface area contributed by atoms with Gasteiger partial charge in [0.25, 0.3) is 0 Å². The predicted octanol–water partition coefficient (Wildman–Crippen LogP) is 3.24. The number of carboxylic acid groups (broad SMARTS) is 1. The molecule has 0 aromatic rings. The van der Waals surface area contributed by atoms with Crippen molar-refractivity contribution in [3.63, 3.8) is 0 Å². The topological polar surface area (TPSA) is 218 Å². The van der Waals surface area contributed by atoms with Gasteiger partial charge in [-0.15, -0.1) is 0 Å². The third kappa shape index (κ3) is 23.0. The number of nitrogens with two attached hydrogens (primary N) is 2. The minimum Gasteiger partial charge on any atom is -0.481 e. The lowest BCUT2D eigenvalue weighted by molar-refractivity contribution is -0.141. The molecule has 9 N–H and O–H groups in total. The molecule has 0 fully saturated rings. The van der Waals surface area contributed by atoms with E-state index in [9.17, 15) is 29.1 Å². The highest BCUT2D eigenvalue weighted by Crippen LogP contribution is 2.13. The summed E-state index contributed by atoms with van der Waals surface area (Å²) in [6, 6.07) is -3.31. The van der Waals surface area contributed by atoms with Gasteiger partial charge in [0.2, 0.25) is 23.6 Å². The van der Waals surface area contributed by atoms with Crippen LogP contribution in [0.2, 0.25) is 0 Å². The fraction of sp³-hybridized carbons (Fsp3) is 0.818. The highest BCUT2D eigenvalue weighted by Gasteiger charge is 2.30. The molecule has 0 aromatic heterocycles. The molecule has 0 aliphatic rings. The maximum absolute atomic E-state index is 13.2. The maximum atomic E-state index is 13.2. The highest BCUT2D eigenvalue weighted by atomic mass is 16.4. The van der Waals surface area contributed by atoms with Gasteiger partial charge in [0.05, 0.1) is 6.42 Å². The van der Waals surface area contributed by atoms with Gasteiger partial charge in [0.1, 0.15) is 18.1 Å². The number of aliphatic imine (C=N–C) groups is 1. The van der Waals surface area contributed by atoms with Crippen LogP contribution >= 0.6 is 0 Å². The summed E-state index contributed by atoms with van der Waals surface area (Å²) in [5, 5.41) is 19.7. The van der Waals surface area contributed by atoms with E-state index in [1.165, 1.54) is 64.8 Å². The number of carbonyl (C=O) groups excluding carboxylic acids is 4. The number of hydrogen-bond donors (Lipinski definition) is 7. The van der Waals surface area contributed by atoms with Crippen LogP contribution < -0.4 is 32.7 Å². The van der Waals surface area contributed by atoms with Crippen molar-refractivity contribution in [3.8, 4) is 0 Å².